The van der Waals surface area contributed by atoms with E-state index in [0.717, 1.165) is 38.7 Å². The Morgan fingerprint density at radius 3 is 2.22 bits per heavy atom. The zero-order chi connectivity index (χ0) is 22.7. The van der Waals surface area contributed by atoms with E-state index in [0.29, 0.717) is 24.8 Å². The number of carboxylic acid groups (broad SMARTS) is 1. The molecule has 0 saturated carbocycles. The van der Waals surface area contributed by atoms with Gasteiger partial charge in [0.1, 0.15) is 0 Å². The van der Waals surface area contributed by atoms with Crippen molar-refractivity contribution in [3.63, 3.8) is 0 Å². The Balaban J connectivity index is 1.54. The number of hydrogen-bond acceptors (Lipinski definition) is 3. The van der Waals surface area contributed by atoms with Gasteiger partial charge < -0.3 is 14.9 Å². The minimum absolute atomic E-state index is 0.0933. The van der Waals surface area contributed by atoms with Crippen LogP contribution in [0.4, 0.5) is 4.79 Å². The number of amides is 2. The van der Waals surface area contributed by atoms with Gasteiger partial charge in [0.15, 0.2) is 0 Å². The molecule has 2 aromatic rings. The molecule has 170 valence electrons. The number of carbonyl (C=O) groups excluding carboxylic acids is 1. The highest BCUT2D eigenvalue weighted by Gasteiger charge is 2.52. The summed E-state index contributed by atoms with van der Waals surface area (Å²) < 4.78 is 2.02. The molecule has 1 N–H and O–H groups in total. The van der Waals surface area contributed by atoms with Crippen molar-refractivity contribution in [1.29, 1.82) is 0 Å². The fraction of sp³-hybridized carbons (Fsp3) is 0.417. The normalized spacial score (nSPS) is 22.4. The summed E-state index contributed by atoms with van der Waals surface area (Å²) in [7, 11) is 0. The molecule has 2 saturated heterocycles. The molecule has 32 heavy (non-hydrogen) atoms. The molecule has 4 rings (SSSR count). The van der Waals surface area contributed by atoms with Gasteiger partial charge in [0.05, 0.1) is 12.1 Å². The maximum absolute atomic E-state index is 13.6. The number of carbonyl (C=O) groups is 2. The molecule has 0 radical (unpaired) electrons. The summed E-state index contributed by atoms with van der Waals surface area (Å²) in [4.78, 5) is 28.6. The molecule has 2 aromatic carbocycles. The number of rotatable bonds is 9. The number of unbranched alkanes of at least 4 members (excludes halogenated alkanes) is 1. The van der Waals surface area contributed by atoms with E-state index < -0.39 is 5.97 Å². The first-order valence-corrected chi connectivity index (χ1v) is 13.5. The predicted molar refractivity (Wildman–Crippen MR) is 135 cm³/mol. The van der Waals surface area contributed by atoms with Crippen molar-refractivity contribution >= 4 is 55.6 Å². The van der Waals surface area contributed by atoms with Crippen LogP contribution in [0.25, 0.3) is 0 Å². The van der Waals surface area contributed by atoms with E-state index in [1.54, 1.807) is 0 Å². The number of thioether (sulfide) groups is 1. The first-order valence-electron chi connectivity index (χ1n) is 10.8. The van der Waals surface area contributed by atoms with Crippen molar-refractivity contribution in [2.75, 3.05) is 5.75 Å². The Bertz CT molecular complexity index is 989. The monoisotopic (exact) mass is 580 g/mol. The van der Waals surface area contributed by atoms with Gasteiger partial charge in [-0.2, -0.15) is 11.8 Å². The van der Waals surface area contributed by atoms with Crippen molar-refractivity contribution in [2.45, 2.75) is 56.1 Å². The van der Waals surface area contributed by atoms with Crippen molar-refractivity contribution < 1.29 is 14.7 Å². The quantitative estimate of drug-likeness (QED) is 0.285. The lowest BCUT2D eigenvalue weighted by Gasteiger charge is -2.27. The van der Waals surface area contributed by atoms with Crippen LogP contribution in [0.15, 0.2) is 57.5 Å². The molecule has 2 aliphatic heterocycles. The van der Waals surface area contributed by atoms with Gasteiger partial charge in [-0.05, 0) is 48.2 Å². The molecule has 0 aliphatic carbocycles. The first-order chi connectivity index (χ1) is 15.4. The summed E-state index contributed by atoms with van der Waals surface area (Å²) in [5.74, 6) is 0.178. The highest BCUT2D eigenvalue weighted by atomic mass is 79.9. The van der Waals surface area contributed by atoms with Gasteiger partial charge in [0, 0.05) is 39.5 Å². The van der Waals surface area contributed by atoms with E-state index in [-0.39, 0.29) is 24.5 Å². The Hall–Kier alpha value is -1.51. The van der Waals surface area contributed by atoms with E-state index in [4.69, 9.17) is 5.11 Å². The van der Waals surface area contributed by atoms with Crippen LogP contribution in [-0.2, 0) is 17.9 Å². The molecule has 0 bridgehead atoms. The molecule has 5 nitrogen and oxygen atoms in total. The van der Waals surface area contributed by atoms with E-state index >= 15 is 0 Å². The second-order valence-electron chi connectivity index (χ2n) is 8.37. The molecule has 2 fully saturated rings. The predicted octanol–water partition coefficient (Wildman–Crippen LogP) is 6.15. The number of carboxylic acids is 1. The molecular formula is C24H26Br2N2O3S. The van der Waals surface area contributed by atoms with Crippen LogP contribution >= 0.6 is 43.6 Å². The van der Waals surface area contributed by atoms with Gasteiger partial charge in [-0.1, -0.05) is 62.5 Å². The summed E-state index contributed by atoms with van der Waals surface area (Å²) >= 11 is 9.01. The highest BCUT2D eigenvalue weighted by Crippen LogP contribution is 2.43. The molecule has 0 unspecified atom stereocenters. The molecule has 0 spiro atoms. The Kier molecular flexibility index (Phi) is 7.84. The summed E-state index contributed by atoms with van der Waals surface area (Å²) in [5.41, 5.74) is 2.22. The third-order valence-corrected chi connectivity index (χ3v) is 8.58. The van der Waals surface area contributed by atoms with Gasteiger partial charge in [0.25, 0.3) is 0 Å². The number of benzene rings is 2. The Labute approximate surface area is 209 Å². The molecule has 2 heterocycles. The highest BCUT2D eigenvalue weighted by molar-refractivity contribution is 9.10. The van der Waals surface area contributed by atoms with E-state index in [1.165, 1.54) is 0 Å². The topological polar surface area (TPSA) is 60.9 Å². The summed E-state index contributed by atoms with van der Waals surface area (Å²) in [6.07, 6.45) is 2.70. The number of fused-ring (bicyclic) bond motifs is 1. The lowest BCUT2D eigenvalue weighted by Crippen LogP contribution is -2.40. The Morgan fingerprint density at radius 2 is 1.62 bits per heavy atom. The standard InChI is InChI=1S/C24H26Br2N2O3S/c25-18-7-3-5-16(11-18)13-27-20-15-32-21(9-1-2-10-22(29)30)23(20)28(24(27)31)14-17-6-4-8-19(26)12-17/h3-8,11-12,20-21,23H,1-2,9-10,13-15H2,(H,29,30)/t20-,21-,23-/m0/s1. The second kappa shape index (κ2) is 10.6. The first kappa shape index (κ1) is 23.6. The van der Waals surface area contributed by atoms with Crippen LogP contribution in [-0.4, -0.2) is 50.0 Å². The van der Waals surface area contributed by atoms with Gasteiger partial charge >= 0.3 is 12.0 Å². The maximum atomic E-state index is 13.6. The average Bonchev–Trinajstić information content (AvgIpc) is 3.26. The zero-order valence-corrected chi connectivity index (χ0v) is 21.6. The van der Waals surface area contributed by atoms with Crippen LogP contribution in [0.3, 0.4) is 0 Å². The van der Waals surface area contributed by atoms with E-state index in [1.807, 2.05) is 45.8 Å². The Morgan fingerprint density at radius 1 is 1.00 bits per heavy atom. The minimum Gasteiger partial charge on any atom is -0.481 e. The third kappa shape index (κ3) is 5.51. The van der Waals surface area contributed by atoms with Crippen molar-refractivity contribution in [1.82, 2.24) is 9.80 Å². The van der Waals surface area contributed by atoms with E-state index in [9.17, 15) is 9.59 Å². The molecule has 3 atom stereocenters. The number of halogens is 2. The zero-order valence-electron chi connectivity index (χ0n) is 17.6. The second-order valence-corrected chi connectivity index (χ2v) is 11.5. The van der Waals surface area contributed by atoms with Crippen LogP contribution < -0.4 is 0 Å². The lowest BCUT2D eigenvalue weighted by molar-refractivity contribution is -0.137. The van der Waals surface area contributed by atoms with Crippen LogP contribution in [0, 0.1) is 0 Å². The number of hydrogen-bond donors (Lipinski definition) is 1. The molecule has 2 amide bonds. The van der Waals surface area contributed by atoms with Gasteiger partial charge in [-0.25, -0.2) is 4.79 Å². The summed E-state index contributed by atoms with van der Waals surface area (Å²) in [6.45, 7) is 1.18. The molecular weight excluding hydrogens is 556 g/mol. The number of urea groups is 1. The minimum atomic E-state index is -0.741. The fourth-order valence-corrected chi connectivity index (χ4v) is 7.26. The molecule has 8 heteroatoms. The maximum Gasteiger partial charge on any atom is 0.321 e. The molecule has 2 aliphatic rings. The fourth-order valence-electron chi connectivity index (χ4n) is 4.68. The van der Waals surface area contributed by atoms with Crippen molar-refractivity contribution in [3.8, 4) is 0 Å². The number of nitrogens with zero attached hydrogens (tertiary/aromatic N) is 2. The average molecular weight is 582 g/mol. The van der Waals surface area contributed by atoms with E-state index in [2.05, 4.69) is 56.1 Å². The van der Waals surface area contributed by atoms with Gasteiger partial charge in [-0.15, -0.1) is 0 Å². The van der Waals surface area contributed by atoms with Gasteiger partial charge in [-0.3, -0.25) is 4.79 Å². The van der Waals surface area contributed by atoms with Crippen LogP contribution in [0.5, 0.6) is 0 Å². The van der Waals surface area contributed by atoms with Crippen molar-refractivity contribution in [2.24, 2.45) is 0 Å². The molecule has 0 aromatic heterocycles. The summed E-state index contributed by atoms with van der Waals surface area (Å²) in [5, 5.41) is 9.27. The van der Waals surface area contributed by atoms with Gasteiger partial charge in [0.2, 0.25) is 0 Å². The van der Waals surface area contributed by atoms with Crippen LogP contribution in [0.1, 0.15) is 36.8 Å². The summed E-state index contributed by atoms with van der Waals surface area (Å²) in [6, 6.07) is 16.7. The lowest BCUT2D eigenvalue weighted by atomic mass is 10.0. The smallest absolute Gasteiger partial charge is 0.321 e. The number of aliphatic carboxylic acids is 1. The third-order valence-electron chi connectivity index (χ3n) is 6.12. The van der Waals surface area contributed by atoms with Crippen LogP contribution in [0.2, 0.25) is 0 Å². The van der Waals surface area contributed by atoms with Crippen molar-refractivity contribution in [3.05, 3.63) is 68.6 Å². The largest absolute Gasteiger partial charge is 0.481 e. The SMILES string of the molecule is O=C(O)CCCC[C@@H]1SC[C@H]2[C@@H]1N(Cc1cccc(Br)c1)C(=O)N2Cc1cccc(Br)c1.